The van der Waals surface area contributed by atoms with Crippen LogP contribution in [-0.2, 0) is 11.2 Å². The van der Waals surface area contributed by atoms with E-state index in [4.69, 9.17) is 0 Å². The van der Waals surface area contributed by atoms with Crippen molar-refractivity contribution in [3.8, 4) is 0 Å². The summed E-state index contributed by atoms with van der Waals surface area (Å²) >= 11 is 0. The Hall–Kier alpha value is -2.42. The molecule has 0 spiro atoms. The van der Waals surface area contributed by atoms with E-state index in [9.17, 15) is 9.59 Å². The summed E-state index contributed by atoms with van der Waals surface area (Å²) in [5, 5.41) is 0. The summed E-state index contributed by atoms with van der Waals surface area (Å²) in [6.45, 7) is 3.94. The second kappa shape index (κ2) is 6.60. The molecule has 0 saturated heterocycles. The summed E-state index contributed by atoms with van der Waals surface area (Å²) in [6, 6.07) is 17.6. The van der Waals surface area contributed by atoms with Crippen LogP contribution in [0.1, 0.15) is 49.0 Å². The summed E-state index contributed by atoms with van der Waals surface area (Å²) in [7, 11) is 0. The van der Waals surface area contributed by atoms with Crippen LogP contribution in [0.25, 0.3) is 0 Å². The molecule has 3 nitrogen and oxygen atoms in total. The van der Waals surface area contributed by atoms with Crippen molar-refractivity contribution in [2.45, 2.75) is 45.1 Å². The molecule has 3 rings (SSSR count). The highest BCUT2D eigenvalue weighted by Crippen LogP contribution is 2.37. The number of amides is 1. The maximum Gasteiger partial charge on any atom is 0.227 e. The van der Waals surface area contributed by atoms with Gasteiger partial charge in [-0.15, -0.1) is 0 Å². The van der Waals surface area contributed by atoms with E-state index < -0.39 is 5.54 Å². The highest BCUT2D eigenvalue weighted by Gasteiger charge is 2.40. The third-order valence-corrected chi connectivity index (χ3v) is 4.59. The van der Waals surface area contributed by atoms with Crippen LogP contribution in [0.15, 0.2) is 54.6 Å². The molecule has 1 heterocycles. The summed E-state index contributed by atoms with van der Waals surface area (Å²) in [4.78, 5) is 27.0. The lowest BCUT2D eigenvalue weighted by Gasteiger charge is -2.42. The topological polar surface area (TPSA) is 37.4 Å². The van der Waals surface area contributed by atoms with E-state index in [1.165, 1.54) is 5.56 Å². The molecule has 2 aromatic rings. The SMILES string of the molecule is CC1(C)CC(=O)c2ccccc2N1C(=O)CCCc1ccccc1. The maximum absolute atomic E-state index is 12.9. The fourth-order valence-electron chi connectivity index (χ4n) is 3.47. The van der Waals surface area contributed by atoms with Crippen molar-refractivity contribution in [3.05, 3.63) is 65.7 Å². The van der Waals surface area contributed by atoms with Gasteiger partial charge in [0.2, 0.25) is 5.91 Å². The molecule has 1 aliphatic rings. The molecule has 0 aromatic heterocycles. The summed E-state index contributed by atoms with van der Waals surface area (Å²) in [5.74, 6) is 0.208. The van der Waals surface area contributed by atoms with Crippen molar-refractivity contribution in [1.82, 2.24) is 0 Å². The van der Waals surface area contributed by atoms with Crippen molar-refractivity contribution >= 4 is 17.4 Å². The number of Topliss-reactive ketones (excluding diaryl/α,β-unsaturated/α-hetero) is 1. The van der Waals surface area contributed by atoms with Gasteiger partial charge in [0, 0.05) is 23.9 Å². The van der Waals surface area contributed by atoms with Gasteiger partial charge < -0.3 is 4.90 Å². The molecule has 0 atom stereocenters. The van der Waals surface area contributed by atoms with E-state index in [0.717, 1.165) is 18.5 Å². The molecule has 0 N–H and O–H groups in total. The molecule has 1 aliphatic heterocycles. The van der Waals surface area contributed by atoms with Crippen molar-refractivity contribution in [3.63, 3.8) is 0 Å². The zero-order valence-corrected chi connectivity index (χ0v) is 14.3. The standard InChI is InChI=1S/C21H23NO2/c1-21(2)15-19(23)17-12-6-7-13-18(17)22(21)20(24)14-8-11-16-9-4-3-5-10-16/h3-7,9-10,12-13H,8,11,14-15H2,1-2H3. The van der Waals surface area contributed by atoms with Gasteiger partial charge in [0.1, 0.15) is 0 Å². The minimum absolute atomic E-state index is 0.0934. The van der Waals surface area contributed by atoms with Gasteiger partial charge in [0.15, 0.2) is 5.78 Å². The van der Waals surface area contributed by atoms with Crippen LogP contribution >= 0.6 is 0 Å². The van der Waals surface area contributed by atoms with Crippen molar-refractivity contribution in [1.29, 1.82) is 0 Å². The number of fused-ring (bicyclic) bond motifs is 1. The van der Waals surface area contributed by atoms with Crippen LogP contribution in [0, 0.1) is 0 Å². The van der Waals surface area contributed by atoms with Gasteiger partial charge in [-0.3, -0.25) is 9.59 Å². The van der Waals surface area contributed by atoms with Gasteiger partial charge in [-0.2, -0.15) is 0 Å². The normalized spacial score (nSPS) is 15.9. The second-order valence-corrected chi connectivity index (χ2v) is 7.00. The predicted molar refractivity (Wildman–Crippen MR) is 96.3 cm³/mol. The van der Waals surface area contributed by atoms with Crippen molar-refractivity contribution in [2.24, 2.45) is 0 Å². The molecule has 1 amide bonds. The molecule has 3 heteroatoms. The Kier molecular flexibility index (Phi) is 4.52. The molecule has 0 unspecified atom stereocenters. The van der Waals surface area contributed by atoms with Crippen LogP contribution in [0.5, 0.6) is 0 Å². The van der Waals surface area contributed by atoms with E-state index in [0.29, 0.717) is 18.4 Å². The van der Waals surface area contributed by atoms with Gasteiger partial charge in [0.05, 0.1) is 5.69 Å². The first-order chi connectivity index (χ1) is 11.5. The smallest absolute Gasteiger partial charge is 0.227 e. The summed E-state index contributed by atoms with van der Waals surface area (Å²) in [6.07, 6.45) is 2.56. The molecule has 0 radical (unpaired) electrons. The summed E-state index contributed by atoms with van der Waals surface area (Å²) < 4.78 is 0. The largest absolute Gasteiger partial charge is 0.306 e. The van der Waals surface area contributed by atoms with Crippen LogP contribution in [-0.4, -0.2) is 17.2 Å². The number of para-hydroxylation sites is 1. The molecular weight excluding hydrogens is 298 g/mol. The van der Waals surface area contributed by atoms with Gasteiger partial charge in [-0.1, -0.05) is 42.5 Å². The van der Waals surface area contributed by atoms with Gasteiger partial charge in [0.25, 0.3) is 0 Å². The van der Waals surface area contributed by atoms with E-state index >= 15 is 0 Å². The number of hydrogen-bond acceptors (Lipinski definition) is 2. The zero-order chi connectivity index (χ0) is 17.2. The van der Waals surface area contributed by atoms with Gasteiger partial charge in [-0.25, -0.2) is 0 Å². The minimum Gasteiger partial charge on any atom is -0.306 e. The number of benzene rings is 2. The van der Waals surface area contributed by atoms with Gasteiger partial charge >= 0.3 is 0 Å². The van der Waals surface area contributed by atoms with Gasteiger partial charge in [-0.05, 0) is 44.4 Å². The van der Waals surface area contributed by atoms with Crippen LogP contribution in [0.3, 0.4) is 0 Å². The quantitative estimate of drug-likeness (QED) is 0.836. The number of carbonyl (C=O) groups excluding carboxylic acids is 2. The Morgan fingerprint density at radius 1 is 1.04 bits per heavy atom. The maximum atomic E-state index is 12.9. The lowest BCUT2D eigenvalue weighted by Crippen LogP contribution is -2.52. The van der Waals surface area contributed by atoms with Crippen LogP contribution < -0.4 is 4.90 Å². The fourth-order valence-corrected chi connectivity index (χ4v) is 3.47. The first-order valence-electron chi connectivity index (χ1n) is 8.48. The Labute approximate surface area is 143 Å². The molecule has 24 heavy (non-hydrogen) atoms. The Bertz CT molecular complexity index is 749. The van der Waals surface area contributed by atoms with Crippen LogP contribution in [0.2, 0.25) is 0 Å². The van der Waals surface area contributed by atoms with Crippen molar-refractivity contribution in [2.75, 3.05) is 4.90 Å². The third kappa shape index (κ3) is 3.25. The Morgan fingerprint density at radius 3 is 2.46 bits per heavy atom. The zero-order valence-electron chi connectivity index (χ0n) is 14.3. The number of nitrogens with zero attached hydrogens (tertiary/aromatic N) is 1. The lowest BCUT2D eigenvalue weighted by atomic mass is 9.85. The molecule has 0 bridgehead atoms. The number of ketones is 1. The van der Waals surface area contributed by atoms with E-state index in [-0.39, 0.29) is 11.7 Å². The molecule has 2 aromatic carbocycles. The van der Waals surface area contributed by atoms with E-state index in [2.05, 4.69) is 12.1 Å². The number of anilines is 1. The first kappa shape index (κ1) is 16.4. The Morgan fingerprint density at radius 2 is 1.71 bits per heavy atom. The molecule has 0 aliphatic carbocycles. The molecular formula is C21H23NO2. The average molecular weight is 321 g/mol. The monoisotopic (exact) mass is 321 g/mol. The lowest BCUT2D eigenvalue weighted by molar-refractivity contribution is -0.119. The number of aryl methyl sites for hydroxylation is 1. The Balaban J connectivity index is 1.75. The first-order valence-corrected chi connectivity index (χ1v) is 8.48. The fraction of sp³-hybridized carbons (Fsp3) is 0.333. The second-order valence-electron chi connectivity index (χ2n) is 7.00. The minimum atomic E-state index is -0.477. The highest BCUT2D eigenvalue weighted by atomic mass is 16.2. The number of carbonyl (C=O) groups is 2. The van der Waals surface area contributed by atoms with E-state index in [1.54, 1.807) is 0 Å². The molecule has 124 valence electrons. The third-order valence-electron chi connectivity index (χ3n) is 4.59. The van der Waals surface area contributed by atoms with E-state index in [1.807, 2.05) is 61.2 Å². The van der Waals surface area contributed by atoms with Crippen LogP contribution in [0.4, 0.5) is 5.69 Å². The number of rotatable bonds is 4. The average Bonchev–Trinajstić information content (AvgIpc) is 2.55. The number of hydrogen-bond donors (Lipinski definition) is 0. The highest BCUT2D eigenvalue weighted by molar-refractivity contribution is 6.10. The molecule has 0 fully saturated rings. The van der Waals surface area contributed by atoms with Crippen molar-refractivity contribution < 1.29 is 9.59 Å². The predicted octanol–water partition coefficient (Wildman–Crippen LogP) is 4.41. The molecule has 0 saturated carbocycles. The summed E-state index contributed by atoms with van der Waals surface area (Å²) in [5.41, 5.74) is 2.19.